The number of rotatable bonds is 5. The molecule has 0 N–H and O–H groups in total. The number of hydrogen-bond donors (Lipinski definition) is 0. The maximum Gasteiger partial charge on any atom is 0.165 e. The van der Waals surface area contributed by atoms with Crippen molar-refractivity contribution in [1.29, 1.82) is 0 Å². The van der Waals surface area contributed by atoms with Gasteiger partial charge in [-0.05, 0) is 104 Å². The monoisotopic (exact) mass is 776 g/mol. The summed E-state index contributed by atoms with van der Waals surface area (Å²) in [7, 11) is 0. The van der Waals surface area contributed by atoms with E-state index in [0.717, 1.165) is 61.6 Å². The van der Waals surface area contributed by atoms with Crippen LogP contribution < -0.4 is 0 Å². The fourth-order valence-corrected chi connectivity index (χ4v) is 9.98. The number of hydrogen-bond acceptors (Lipinski definition) is 1. The van der Waals surface area contributed by atoms with Gasteiger partial charge in [-0.25, -0.2) is 4.98 Å². The predicted molar refractivity (Wildman–Crippen MR) is 256 cm³/mol. The standard InChI is InChI=1S/C57H36N4/c1-4-16-38(17-5-1)56-58-57-55(61(56)41-20-8-3-9-21-41)49-34-35-52-53(54(49)60(57)40-18-6-2-7-19-40)48-26-14-15-27-51(48)59(52)42-31-28-37(29-32-42)39-30-33-47-45-24-11-10-22-43(45)44-23-12-13-25-46(44)50(47)36-39/h1-36H. The first-order chi connectivity index (χ1) is 30.3. The maximum atomic E-state index is 5.53. The van der Waals surface area contributed by atoms with Crippen LogP contribution in [-0.2, 0) is 0 Å². The van der Waals surface area contributed by atoms with Crippen molar-refractivity contribution in [2.75, 3.05) is 0 Å². The summed E-state index contributed by atoms with van der Waals surface area (Å²) in [4.78, 5) is 5.53. The SMILES string of the molecule is c1ccc(-c2nc3c(c4ccc5c(c6ccccc6n5-c5ccc(-c6ccc7c8ccccc8c8ccccc8c7c6)cc5)c4n3-c3ccccc3)n2-c2ccccc2)cc1. The van der Waals surface area contributed by atoms with Gasteiger partial charge in [0.05, 0.1) is 16.6 Å². The van der Waals surface area contributed by atoms with Crippen LogP contribution in [0.2, 0.25) is 0 Å². The molecule has 0 bridgehead atoms. The summed E-state index contributed by atoms with van der Waals surface area (Å²) in [5.74, 6) is 0.916. The van der Waals surface area contributed by atoms with Gasteiger partial charge in [0, 0.05) is 38.8 Å². The molecular weight excluding hydrogens is 741 g/mol. The van der Waals surface area contributed by atoms with E-state index in [2.05, 4.69) is 232 Å². The Kier molecular flexibility index (Phi) is 7.27. The third kappa shape index (κ3) is 4.97. The largest absolute Gasteiger partial charge is 0.309 e. The van der Waals surface area contributed by atoms with Crippen molar-refractivity contribution in [3.05, 3.63) is 218 Å². The van der Waals surface area contributed by atoms with E-state index in [9.17, 15) is 0 Å². The fraction of sp³-hybridized carbons (Fsp3) is 0. The molecule has 3 aromatic heterocycles. The van der Waals surface area contributed by atoms with Crippen LogP contribution in [0.4, 0.5) is 0 Å². The van der Waals surface area contributed by atoms with Crippen molar-refractivity contribution in [2.24, 2.45) is 0 Å². The van der Waals surface area contributed by atoms with Gasteiger partial charge in [0.15, 0.2) is 5.65 Å². The van der Waals surface area contributed by atoms with Gasteiger partial charge in [-0.2, -0.15) is 0 Å². The first kappa shape index (κ1) is 33.7. The van der Waals surface area contributed by atoms with Crippen LogP contribution >= 0.6 is 0 Å². The second kappa shape index (κ2) is 13.2. The lowest BCUT2D eigenvalue weighted by molar-refractivity contribution is 1.10. The van der Waals surface area contributed by atoms with Crippen molar-refractivity contribution in [1.82, 2.24) is 18.7 Å². The smallest absolute Gasteiger partial charge is 0.165 e. The zero-order valence-corrected chi connectivity index (χ0v) is 33.1. The second-order valence-corrected chi connectivity index (χ2v) is 15.9. The van der Waals surface area contributed by atoms with Gasteiger partial charge in [-0.1, -0.05) is 158 Å². The second-order valence-electron chi connectivity index (χ2n) is 15.9. The fourth-order valence-electron chi connectivity index (χ4n) is 9.98. The molecule has 0 unspecified atom stereocenters. The molecule has 0 aliphatic carbocycles. The zero-order valence-electron chi connectivity index (χ0n) is 33.1. The highest BCUT2D eigenvalue weighted by Gasteiger charge is 2.26. The van der Waals surface area contributed by atoms with Gasteiger partial charge < -0.3 is 4.57 Å². The van der Waals surface area contributed by atoms with E-state index in [0.29, 0.717) is 0 Å². The lowest BCUT2D eigenvalue weighted by atomic mass is 9.92. The van der Waals surface area contributed by atoms with Crippen molar-refractivity contribution in [2.45, 2.75) is 0 Å². The summed E-state index contributed by atoms with van der Waals surface area (Å²) in [5.41, 5.74) is 12.2. The summed E-state index contributed by atoms with van der Waals surface area (Å²) >= 11 is 0. The highest BCUT2D eigenvalue weighted by atomic mass is 15.2. The average molecular weight is 777 g/mol. The number of benzene rings is 10. The van der Waals surface area contributed by atoms with Gasteiger partial charge in [0.1, 0.15) is 11.3 Å². The molecule has 4 heteroatoms. The third-order valence-corrected chi connectivity index (χ3v) is 12.6. The summed E-state index contributed by atoms with van der Waals surface area (Å²) in [6.45, 7) is 0. The Morgan fingerprint density at radius 2 is 0.770 bits per heavy atom. The molecule has 61 heavy (non-hydrogen) atoms. The third-order valence-electron chi connectivity index (χ3n) is 12.6. The van der Waals surface area contributed by atoms with Crippen LogP contribution in [0.15, 0.2) is 218 Å². The predicted octanol–water partition coefficient (Wildman–Crippen LogP) is 14.9. The van der Waals surface area contributed by atoms with Crippen molar-refractivity contribution < 1.29 is 0 Å². The van der Waals surface area contributed by atoms with Crippen LogP contribution in [0, 0.1) is 0 Å². The maximum absolute atomic E-state index is 5.53. The Hall–Kier alpha value is -8.21. The number of imidazole rings is 1. The van der Waals surface area contributed by atoms with E-state index in [4.69, 9.17) is 4.98 Å². The summed E-state index contributed by atoms with van der Waals surface area (Å²) in [6, 6.07) is 78.9. The van der Waals surface area contributed by atoms with Crippen molar-refractivity contribution in [3.8, 4) is 39.6 Å². The normalized spacial score (nSPS) is 11.9. The minimum absolute atomic E-state index is 0.916. The molecule has 0 aliphatic heterocycles. The molecular formula is C57H36N4. The van der Waals surface area contributed by atoms with E-state index in [1.54, 1.807) is 0 Å². The molecule has 284 valence electrons. The molecule has 0 saturated heterocycles. The van der Waals surface area contributed by atoms with Gasteiger partial charge in [0.2, 0.25) is 0 Å². The Bertz CT molecular complexity index is 3800. The molecule has 10 aromatic carbocycles. The minimum Gasteiger partial charge on any atom is -0.309 e. The summed E-state index contributed by atoms with van der Waals surface area (Å²) in [5, 5.41) is 11.3. The van der Waals surface area contributed by atoms with Crippen LogP contribution in [-0.4, -0.2) is 18.7 Å². The molecule has 0 saturated carbocycles. The average Bonchev–Trinajstić information content (AvgIpc) is 3.99. The van der Waals surface area contributed by atoms with Gasteiger partial charge in [-0.3, -0.25) is 9.13 Å². The van der Waals surface area contributed by atoms with E-state index < -0.39 is 0 Å². The molecule has 0 amide bonds. The first-order valence-electron chi connectivity index (χ1n) is 20.9. The molecule has 0 radical (unpaired) electrons. The van der Waals surface area contributed by atoms with Gasteiger partial charge >= 0.3 is 0 Å². The zero-order chi connectivity index (χ0) is 40.0. The Morgan fingerprint density at radius 1 is 0.279 bits per heavy atom. The quantitative estimate of drug-likeness (QED) is 0.160. The molecule has 0 aliphatic rings. The molecule has 0 spiro atoms. The van der Waals surface area contributed by atoms with Crippen LogP contribution in [0.5, 0.6) is 0 Å². The Balaban J connectivity index is 1.04. The summed E-state index contributed by atoms with van der Waals surface area (Å²) in [6.07, 6.45) is 0. The topological polar surface area (TPSA) is 27.7 Å². The van der Waals surface area contributed by atoms with Gasteiger partial charge in [-0.15, -0.1) is 0 Å². The van der Waals surface area contributed by atoms with E-state index in [-0.39, 0.29) is 0 Å². The number of fused-ring (bicyclic) bond motifs is 13. The number of nitrogens with zero attached hydrogens (tertiary/aromatic N) is 4. The molecule has 3 heterocycles. The molecule has 0 fully saturated rings. The molecule has 13 rings (SSSR count). The van der Waals surface area contributed by atoms with Gasteiger partial charge in [0.25, 0.3) is 0 Å². The number of para-hydroxylation sites is 3. The summed E-state index contributed by atoms with van der Waals surface area (Å²) < 4.78 is 7.15. The van der Waals surface area contributed by atoms with E-state index >= 15 is 0 Å². The van der Waals surface area contributed by atoms with Crippen LogP contribution in [0.1, 0.15) is 0 Å². The lowest BCUT2D eigenvalue weighted by Gasteiger charge is -2.13. The minimum atomic E-state index is 0.916. The Labute approximate surface area is 351 Å². The Morgan fingerprint density at radius 3 is 1.43 bits per heavy atom. The number of aromatic nitrogens is 4. The molecule has 13 aromatic rings. The van der Waals surface area contributed by atoms with E-state index in [1.165, 1.54) is 54.2 Å². The molecule has 0 atom stereocenters. The highest BCUT2D eigenvalue weighted by molar-refractivity contribution is 6.27. The highest BCUT2D eigenvalue weighted by Crippen LogP contribution is 2.44. The van der Waals surface area contributed by atoms with Crippen molar-refractivity contribution in [3.63, 3.8) is 0 Å². The molecule has 4 nitrogen and oxygen atoms in total. The van der Waals surface area contributed by atoms with E-state index in [1.807, 2.05) is 0 Å². The first-order valence-corrected chi connectivity index (χ1v) is 20.9. The van der Waals surface area contributed by atoms with Crippen LogP contribution in [0.25, 0.3) is 116 Å². The van der Waals surface area contributed by atoms with Crippen molar-refractivity contribution >= 4 is 76.2 Å². The van der Waals surface area contributed by atoms with Crippen LogP contribution in [0.3, 0.4) is 0 Å². The lowest BCUT2D eigenvalue weighted by Crippen LogP contribution is -1.98.